The minimum Gasteiger partial charge on any atom is -0.394 e. The largest absolute Gasteiger partial charge is 0.394 e. The molecule has 0 saturated heterocycles. The van der Waals surface area contributed by atoms with Crippen LogP contribution in [0.15, 0.2) is 85.1 Å². The molecule has 2 atom stereocenters. The van der Waals surface area contributed by atoms with Gasteiger partial charge in [0.1, 0.15) is 0 Å². The van der Waals surface area contributed by atoms with Crippen LogP contribution in [-0.2, 0) is 4.79 Å². The summed E-state index contributed by atoms with van der Waals surface area (Å²) in [7, 11) is 0. The van der Waals surface area contributed by atoms with Crippen molar-refractivity contribution in [2.45, 2.75) is 96.6 Å². The van der Waals surface area contributed by atoms with Crippen LogP contribution in [0.3, 0.4) is 0 Å². The first-order valence-corrected chi connectivity index (χ1v) is 13.3. The Bertz CT molecular complexity index is 698. The number of hydrogen-bond donors (Lipinski definition) is 3. The van der Waals surface area contributed by atoms with Crippen molar-refractivity contribution in [1.29, 1.82) is 0 Å². The Morgan fingerprint density at radius 2 is 1.23 bits per heavy atom. The smallest absolute Gasteiger partial charge is 0.224 e. The fourth-order valence-corrected chi connectivity index (χ4v) is 3.07. The van der Waals surface area contributed by atoms with Crippen LogP contribution in [0.2, 0.25) is 0 Å². The minimum absolute atomic E-state index is 0.211. The summed E-state index contributed by atoms with van der Waals surface area (Å²) >= 11 is 0. The zero-order valence-electron chi connectivity index (χ0n) is 22.0. The molecule has 0 aromatic rings. The van der Waals surface area contributed by atoms with Gasteiger partial charge in [0.25, 0.3) is 0 Å². The summed E-state index contributed by atoms with van der Waals surface area (Å²) < 4.78 is 0. The van der Waals surface area contributed by atoms with Gasteiger partial charge in [0.05, 0.1) is 18.8 Å². The Kier molecular flexibility index (Phi) is 24.4. The van der Waals surface area contributed by atoms with E-state index in [1.54, 1.807) is 6.08 Å². The predicted octanol–water partition coefficient (Wildman–Crippen LogP) is 7.05. The Morgan fingerprint density at radius 1 is 0.714 bits per heavy atom. The molecule has 0 saturated carbocycles. The third kappa shape index (κ3) is 23.1. The van der Waals surface area contributed by atoms with E-state index in [1.807, 2.05) is 18.2 Å². The van der Waals surface area contributed by atoms with E-state index in [0.717, 1.165) is 51.4 Å². The van der Waals surface area contributed by atoms with Crippen molar-refractivity contribution in [1.82, 2.24) is 5.32 Å². The molecule has 1 amide bonds. The molecule has 0 spiro atoms. The molecule has 0 aromatic carbocycles. The van der Waals surface area contributed by atoms with Gasteiger partial charge in [-0.3, -0.25) is 4.79 Å². The van der Waals surface area contributed by atoms with E-state index in [1.165, 1.54) is 12.8 Å². The fourth-order valence-electron chi connectivity index (χ4n) is 3.07. The Balaban J connectivity index is 4.00. The van der Waals surface area contributed by atoms with Crippen LogP contribution in [0.1, 0.15) is 84.5 Å². The van der Waals surface area contributed by atoms with Crippen LogP contribution in [0.25, 0.3) is 0 Å². The second-order valence-electron chi connectivity index (χ2n) is 8.38. The highest BCUT2D eigenvalue weighted by molar-refractivity contribution is 5.77. The summed E-state index contributed by atoms with van der Waals surface area (Å²) in [6.45, 7) is 4.01. The second-order valence-corrected chi connectivity index (χ2v) is 8.38. The van der Waals surface area contributed by atoms with E-state index in [4.69, 9.17) is 0 Å². The van der Waals surface area contributed by atoms with Gasteiger partial charge in [-0.05, 0) is 51.4 Å². The Labute approximate surface area is 214 Å². The van der Waals surface area contributed by atoms with Crippen LogP contribution < -0.4 is 5.32 Å². The molecule has 0 aliphatic carbocycles. The number of allylic oxidation sites excluding steroid dienone is 12. The van der Waals surface area contributed by atoms with Crippen LogP contribution in [0.4, 0.5) is 0 Å². The van der Waals surface area contributed by atoms with Crippen LogP contribution in [-0.4, -0.2) is 34.9 Å². The quantitative estimate of drug-likeness (QED) is 0.121. The molecule has 3 N–H and O–H groups in total. The number of aliphatic hydroxyl groups is 2. The lowest BCUT2D eigenvalue weighted by Gasteiger charge is -2.19. The highest BCUT2D eigenvalue weighted by Gasteiger charge is 2.17. The molecule has 2 unspecified atom stereocenters. The SMILES string of the molecule is CC/C=C\C/C=C\C/C=C\C/C=C\C/C=C\CC(=O)NC(CO)C(O)/C=C/CC/C=C/CCCC. The van der Waals surface area contributed by atoms with Gasteiger partial charge in [-0.15, -0.1) is 0 Å². The van der Waals surface area contributed by atoms with E-state index in [9.17, 15) is 15.0 Å². The van der Waals surface area contributed by atoms with Crippen molar-refractivity contribution in [3.63, 3.8) is 0 Å². The van der Waals surface area contributed by atoms with Crippen molar-refractivity contribution >= 4 is 5.91 Å². The summed E-state index contributed by atoms with van der Waals surface area (Å²) in [6.07, 6.45) is 38.2. The predicted molar refractivity (Wildman–Crippen MR) is 151 cm³/mol. The second kappa shape index (κ2) is 26.2. The third-order valence-electron chi connectivity index (χ3n) is 5.14. The van der Waals surface area contributed by atoms with Gasteiger partial charge >= 0.3 is 0 Å². The third-order valence-corrected chi connectivity index (χ3v) is 5.14. The molecule has 0 fully saturated rings. The van der Waals surface area contributed by atoms with Gasteiger partial charge in [0.15, 0.2) is 0 Å². The molecule has 0 aromatic heterocycles. The number of unbranched alkanes of at least 4 members (excludes halogenated alkanes) is 3. The van der Waals surface area contributed by atoms with Crippen LogP contribution in [0, 0.1) is 0 Å². The maximum Gasteiger partial charge on any atom is 0.224 e. The molecule has 196 valence electrons. The van der Waals surface area contributed by atoms with Crippen molar-refractivity contribution < 1.29 is 15.0 Å². The summed E-state index contributed by atoms with van der Waals surface area (Å²) in [5, 5.41) is 22.4. The number of rotatable bonds is 21. The van der Waals surface area contributed by atoms with E-state index < -0.39 is 12.1 Å². The van der Waals surface area contributed by atoms with Gasteiger partial charge in [-0.25, -0.2) is 0 Å². The average Bonchev–Trinajstić information content (AvgIpc) is 2.86. The highest BCUT2D eigenvalue weighted by atomic mass is 16.3. The molecular formula is C31H49NO3. The number of carbonyl (C=O) groups excluding carboxylic acids is 1. The monoisotopic (exact) mass is 483 g/mol. The van der Waals surface area contributed by atoms with Gasteiger partial charge in [-0.2, -0.15) is 0 Å². The molecule has 35 heavy (non-hydrogen) atoms. The molecule has 0 rings (SSSR count). The lowest BCUT2D eigenvalue weighted by atomic mass is 10.1. The normalized spacial score (nSPS) is 14.7. The van der Waals surface area contributed by atoms with Crippen molar-refractivity contribution in [3.8, 4) is 0 Å². The van der Waals surface area contributed by atoms with E-state index in [2.05, 4.69) is 79.9 Å². The number of aliphatic hydroxyl groups excluding tert-OH is 2. The first-order chi connectivity index (χ1) is 17.2. The highest BCUT2D eigenvalue weighted by Crippen LogP contribution is 2.02. The van der Waals surface area contributed by atoms with Crippen molar-refractivity contribution in [2.75, 3.05) is 6.61 Å². The molecule has 4 nitrogen and oxygen atoms in total. The summed E-state index contributed by atoms with van der Waals surface area (Å²) in [6, 6.07) is -0.693. The molecule has 0 bridgehead atoms. The first kappa shape index (κ1) is 32.6. The lowest BCUT2D eigenvalue weighted by Crippen LogP contribution is -2.44. The zero-order valence-corrected chi connectivity index (χ0v) is 22.0. The topological polar surface area (TPSA) is 69.6 Å². The van der Waals surface area contributed by atoms with Crippen LogP contribution in [0.5, 0.6) is 0 Å². The summed E-state index contributed by atoms with van der Waals surface area (Å²) in [5.41, 5.74) is 0. The average molecular weight is 484 g/mol. The maximum absolute atomic E-state index is 12.1. The lowest BCUT2D eigenvalue weighted by molar-refractivity contribution is -0.122. The molecule has 0 heterocycles. The van der Waals surface area contributed by atoms with Gasteiger partial charge < -0.3 is 15.5 Å². The van der Waals surface area contributed by atoms with Crippen LogP contribution >= 0.6 is 0 Å². The molecule has 0 aliphatic heterocycles. The number of hydrogen-bond acceptors (Lipinski definition) is 3. The summed E-state index contributed by atoms with van der Waals surface area (Å²) in [4.78, 5) is 12.1. The zero-order chi connectivity index (χ0) is 25.8. The molecule has 4 heteroatoms. The number of carbonyl (C=O) groups is 1. The molecule has 0 radical (unpaired) electrons. The minimum atomic E-state index is -0.902. The van der Waals surface area contributed by atoms with E-state index in [0.29, 0.717) is 0 Å². The Morgan fingerprint density at radius 3 is 1.77 bits per heavy atom. The van der Waals surface area contributed by atoms with Gasteiger partial charge in [-0.1, -0.05) is 112 Å². The van der Waals surface area contributed by atoms with Crippen molar-refractivity contribution in [2.24, 2.45) is 0 Å². The number of nitrogens with one attached hydrogen (secondary N) is 1. The van der Waals surface area contributed by atoms with Gasteiger partial charge in [0, 0.05) is 6.42 Å². The standard InChI is InChI=1S/C31H49NO3/c1-3-5-7-9-11-13-14-15-16-17-18-19-21-23-25-27-31(35)32-29(28-33)30(34)26-24-22-20-12-10-8-6-4-2/h5,7,10-13,15-16,18-19,23-26,29-30,33-34H,3-4,6,8-9,14,17,20-22,27-28H2,1-2H3,(H,32,35)/b7-5-,12-10+,13-11-,16-15-,19-18-,25-23-,26-24+. The van der Waals surface area contributed by atoms with E-state index in [-0.39, 0.29) is 18.9 Å². The van der Waals surface area contributed by atoms with Gasteiger partial charge in [0.2, 0.25) is 5.91 Å². The molecule has 0 aliphatic rings. The Hall–Kier alpha value is -2.43. The first-order valence-electron chi connectivity index (χ1n) is 13.3. The van der Waals surface area contributed by atoms with E-state index >= 15 is 0 Å². The summed E-state index contributed by atoms with van der Waals surface area (Å²) in [5.74, 6) is -0.211. The van der Waals surface area contributed by atoms with Crippen molar-refractivity contribution in [3.05, 3.63) is 85.1 Å². The maximum atomic E-state index is 12.1. The number of amides is 1. The molecular weight excluding hydrogens is 434 g/mol. The fraction of sp³-hybridized carbons (Fsp3) is 0.516.